The van der Waals surface area contributed by atoms with Gasteiger partial charge in [0, 0.05) is 26.1 Å². The van der Waals surface area contributed by atoms with E-state index in [0.29, 0.717) is 29.3 Å². The van der Waals surface area contributed by atoms with E-state index in [4.69, 9.17) is 18.2 Å². The molecule has 1 aliphatic carbocycles. The second-order valence-electron chi connectivity index (χ2n) is 5.16. The summed E-state index contributed by atoms with van der Waals surface area (Å²) in [7, 11) is 1.82. The molecule has 23 heavy (non-hydrogen) atoms. The van der Waals surface area contributed by atoms with Gasteiger partial charge in [-0.1, -0.05) is 29.8 Å². The highest BCUT2D eigenvalue weighted by molar-refractivity contribution is 6.33. The Bertz CT molecular complexity index is 941. The topological polar surface area (TPSA) is 65.0 Å². The van der Waals surface area contributed by atoms with Gasteiger partial charge in [0.1, 0.15) is 17.3 Å². The summed E-state index contributed by atoms with van der Waals surface area (Å²) in [4.78, 5) is 22.1. The molecule has 0 N–H and O–H groups in total. The lowest BCUT2D eigenvalue weighted by atomic mass is 10.1. The lowest BCUT2D eigenvalue weighted by Gasteiger charge is -1.95. The quantitative estimate of drug-likeness (QED) is 0.471. The molecule has 4 rings (SSSR count). The first-order valence-corrected chi connectivity index (χ1v) is 7.25. The van der Waals surface area contributed by atoms with Crippen molar-refractivity contribution in [1.82, 2.24) is 19.7 Å². The molecule has 1 aliphatic rings. The van der Waals surface area contributed by atoms with E-state index in [1.165, 1.54) is 6.33 Å². The van der Waals surface area contributed by atoms with Crippen LogP contribution in [0.4, 0.5) is 5.69 Å². The van der Waals surface area contributed by atoms with Crippen molar-refractivity contribution in [3.63, 3.8) is 0 Å². The summed E-state index contributed by atoms with van der Waals surface area (Å²) in [5, 5.41) is 5.29. The van der Waals surface area contributed by atoms with Gasteiger partial charge in [-0.2, -0.15) is 5.10 Å². The van der Waals surface area contributed by atoms with E-state index in [1.807, 2.05) is 19.2 Å². The van der Waals surface area contributed by atoms with Gasteiger partial charge in [0.2, 0.25) is 0 Å². The Hall–Kier alpha value is -2.78. The Morgan fingerprint density at radius 3 is 2.78 bits per heavy atom. The smallest absolute Gasteiger partial charge is 0.187 e. The Kier molecular flexibility index (Phi) is 4.04. The lowest BCUT2D eigenvalue weighted by Crippen LogP contribution is -1.92. The Labute approximate surface area is 137 Å². The van der Waals surface area contributed by atoms with Crippen LogP contribution in [0.2, 0.25) is 5.15 Å². The number of hydrogen-bond donors (Lipinski definition) is 0. The molecule has 1 aromatic carbocycles. The van der Waals surface area contributed by atoms with Crippen LogP contribution >= 0.6 is 11.6 Å². The molecule has 0 bridgehead atoms. The number of rotatable bonds is 0. The molecule has 2 heterocycles. The van der Waals surface area contributed by atoms with Gasteiger partial charge in [-0.15, -0.1) is 0 Å². The van der Waals surface area contributed by atoms with Crippen LogP contribution in [-0.2, 0) is 24.7 Å². The molecular weight excluding hydrogens is 314 g/mol. The fraction of sp³-hybridized carbons (Fsp3) is 0.188. The van der Waals surface area contributed by atoms with Gasteiger partial charge in [-0.05, 0) is 11.1 Å². The van der Waals surface area contributed by atoms with Gasteiger partial charge < -0.3 is 0 Å². The molecule has 0 spiro atoms. The van der Waals surface area contributed by atoms with E-state index in [2.05, 4.69) is 19.9 Å². The summed E-state index contributed by atoms with van der Waals surface area (Å²) in [6.45, 7) is 6.80. The molecule has 0 aliphatic heterocycles. The Morgan fingerprint density at radius 2 is 2.04 bits per heavy atom. The third-order valence-corrected chi connectivity index (χ3v) is 3.78. The fourth-order valence-electron chi connectivity index (χ4n) is 2.43. The average molecular weight is 326 g/mol. The van der Waals surface area contributed by atoms with Gasteiger partial charge >= 0.3 is 0 Å². The van der Waals surface area contributed by atoms with Crippen molar-refractivity contribution < 1.29 is 4.79 Å². The monoisotopic (exact) mass is 325 g/mol. The van der Waals surface area contributed by atoms with Crippen LogP contribution in [0.15, 0.2) is 30.7 Å². The maximum atomic E-state index is 11.0. The highest BCUT2D eigenvalue weighted by Crippen LogP contribution is 2.24. The first-order valence-electron chi connectivity index (χ1n) is 6.87. The summed E-state index contributed by atoms with van der Waals surface area (Å²) < 4.78 is 1.66. The highest BCUT2D eigenvalue weighted by Gasteiger charge is 2.17. The third-order valence-electron chi connectivity index (χ3n) is 3.48. The molecule has 7 heteroatoms. The predicted molar refractivity (Wildman–Crippen MR) is 86.4 cm³/mol. The summed E-state index contributed by atoms with van der Waals surface area (Å²) >= 11 is 5.77. The summed E-state index contributed by atoms with van der Waals surface area (Å²) in [5.41, 5.74) is 3.39. The number of nitrogens with zero attached hydrogens (tertiary/aromatic N) is 5. The molecule has 6 nitrogen and oxygen atoms in total. The number of carbonyl (C=O) groups excluding carboxylic acids is 1. The van der Waals surface area contributed by atoms with E-state index in [0.717, 1.165) is 16.5 Å². The summed E-state index contributed by atoms with van der Waals surface area (Å²) in [5.74, 6) is 0.257. The Balaban J connectivity index is 0.000000136. The van der Waals surface area contributed by atoms with Crippen molar-refractivity contribution in [3.8, 4) is 0 Å². The van der Waals surface area contributed by atoms with Crippen molar-refractivity contribution in [2.45, 2.75) is 12.8 Å². The first kappa shape index (κ1) is 15.1. The van der Waals surface area contributed by atoms with Crippen molar-refractivity contribution in [3.05, 3.63) is 58.4 Å². The zero-order valence-electron chi connectivity index (χ0n) is 12.3. The van der Waals surface area contributed by atoms with Crippen LogP contribution in [0, 0.1) is 6.57 Å². The molecule has 0 fully saturated rings. The normalized spacial score (nSPS) is 12.5. The zero-order chi connectivity index (χ0) is 16.4. The first-order chi connectivity index (χ1) is 11.1. The predicted octanol–water partition coefficient (Wildman–Crippen LogP) is 2.92. The molecule has 0 unspecified atom stereocenters. The number of halogens is 1. The van der Waals surface area contributed by atoms with Crippen LogP contribution < -0.4 is 0 Å². The standard InChI is InChI=1S/C10H7NO.C6H5ClN4/c1-11-9-3-2-7-5-10(12)6-8(7)4-9;1-11-2-4-5(7)8-3-9-6(4)10-11/h2-4H,5-6H2;2-3H,1H3. The number of carbonyl (C=O) groups is 1. The van der Waals surface area contributed by atoms with Crippen LogP contribution in [-0.4, -0.2) is 25.5 Å². The number of Topliss-reactive ketones (excluding diaryl/α,β-unsaturated/α-hetero) is 1. The minimum absolute atomic E-state index is 0.257. The van der Waals surface area contributed by atoms with Crippen molar-refractivity contribution in [1.29, 1.82) is 0 Å². The van der Waals surface area contributed by atoms with Gasteiger partial charge in [0.25, 0.3) is 0 Å². The number of aryl methyl sites for hydroxylation is 1. The van der Waals surface area contributed by atoms with Crippen molar-refractivity contribution in [2.24, 2.45) is 7.05 Å². The zero-order valence-corrected chi connectivity index (χ0v) is 13.1. The van der Waals surface area contributed by atoms with Crippen LogP contribution in [0.25, 0.3) is 15.9 Å². The molecule has 0 amide bonds. The summed E-state index contributed by atoms with van der Waals surface area (Å²) in [6, 6.07) is 5.46. The van der Waals surface area contributed by atoms with E-state index in [1.54, 1.807) is 16.9 Å². The lowest BCUT2D eigenvalue weighted by molar-refractivity contribution is -0.117. The van der Waals surface area contributed by atoms with E-state index < -0.39 is 0 Å². The molecular formula is C16H12ClN5O. The SMILES string of the molecule is Cn1cc2c(Cl)ncnc2n1.[C-]#[N+]c1ccc2c(c1)CC(=O)C2. The second kappa shape index (κ2) is 6.15. The molecule has 0 radical (unpaired) electrons. The number of aromatic nitrogens is 4. The number of benzene rings is 1. The van der Waals surface area contributed by atoms with E-state index in [9.17, 15) is 4.79 Å². The highest BCUT2D eigenvalue weighted by atomic mass is 35.5. The fourth-order valence-corrected chi connectivity index (χ4v) is 2.60. The molecule has 114 valence electrons. The van der Waals surface area contributed by atoms with E-state index in [-0.39, 0.29) is 5.78 Å². The van der Waals surface area contributed by atoms with Crippen molar-refractivity contribution >= 4 is 34.1 Å². The largest absolute Gasteiger partial charge is 0.299 e. The Morgan fingerprint density at radius 1 is 1.26 bits per heavy atom. The molecule has 0 atom stereocenters. The van der Waals surface area contributed by atoms with Crippen LogP contribution in [0.3, 0.4) is 0 Å². The van der Waals surface area contributed by atoms with Crippen LogP contribution in [0.1, 0.15) is 11.1 Å². The average Bonchev–Trinajstić information content (AvgIpc) is 3.08. The minimum Gasteiger partial charge on any atom is -0.299 e. The van der Waals surface area contributed by atoms with Gasteiger partial charge in [-0.3, -0.25) is 9.48 Å². The van der Waals surface area contributed by atoms with Gasteiger partial charge in [-0.25, -0.2) is 14.8 Å². The molecule has 3 aromatic rings. The van der Waals surface area contributed by atoms with E-state index >= 15 is 0 Å². The van der Waals surface area contributed by atoms with Gasteiger partial charge in [0.05, 0.1) is 12.0 Å². The number of hydrogen-bond acceptors (Lipinski definition) is 4. The maximum absolute atomic E-state index is 11.0. The van der Waals surface area contributed by atoms with Crippen molar-refractivity contribution in [2.75, 3.05) is 0 Å². The molecule has 0 saturated heterocycles. The summed E-state index contributed by atoms with van der Waals surface area (Å²) in [6.07, 6.45) is 4.25. The number of fused-ring (bicyclic) bond motifs is 2. The molecule has 2 aromatic heterocycles. The van der Waals surface area contributed by atoms with Gasteiger partial charge in [0.15, 0.2) is 11.3 Å². The second-order valence-corrected chi connectivity index (χ2v) is 5.52. The molecule has 0 saturated carbocycles. The minimum atomic E-state index is 0.257. The van der Waals surface area contributed by atoms with Crippen LogP contribution in [0.5, 0.6) is 0 Å². The third kappa shape index (κ3) is 3.20. The maximum Gasteiger partial charge on any atom is 0.187 e. The number of ketones is 1.